The van der Waals surface area contributed by atoms with E-state index in [9.17, 15) is 9.59 Å². The van der Waals surface area contributed by atoms with E-state index in [1.165, 1.54) is 9.98 Å². The molecule has 0 amide bonds. The van der Waals surface area contributed by atoms with Gasteiger partial charge in [0.1, 0.15) is 0 Å². The molecule has 0 unspecified atom stereocenters. The SMILES string of the molecule is O=C(C1CCCCC1)n1[se]c2ccccc2c1=O. The second kappa shape index (κ2) is 4.87. The van der Waals surface area contributed by atoms with Gasteiger partial charge in [-0.1, -0.05) is 0 Å². The number of nitrogens with zero attached hydrogens (tertiary/aromatic N) is 1. The van der Waals surface area contributed by atoms with Gasteiger partial charge in [0.25, 0.3) is 0 Å². The number of hydrogen-bond acceptors (Lipinski definition) is 2. The first-order valence-electron chi connectivity index (χ1n) is 6.42. The summed E-state index contributed by atoms with van der Waals surface area (Å²) < 4.78 is 2.55. The Labute approximate surface area is 111 Å². The number of benzene rings is 1. The standard InChI is InChI=1S/C14H15NO2Se/c16-13(10-6-2-1-3-7-10)15-14(17)11-8-4-5-9-12(11)18-15/h4-5,8-10H,1-3,6-7H2. The molecular formula is C14H15NO2Se. The molecular weight excluding hydrogens is 293 g/mol. The molecule has 2 aromatic rings. The van der Waals surface area contributed by atoms with Crippen molar-refractivity contribution >= 4 is 30.3 Å². The van der Waals surface area contributed by atoms with Crippen molar-refractivity contribution in [3.05, 3.63) is 34.6 Å². The molecule has 0 radical (unpaired) electrons. The van der Waals surface area contributed by atoms with Crippen molar-refractivity contribution in [2.75, 3.05) is 0 Å². The van der Waals surface area contributed by atoms with Crippen molar-refractivity contribution in [2.24, 2.45) is 5.92 Å². The Morgan fingerprint density at radius 2 is 1.89 bits per heavy atom. The van der Waals surface area contributed by atoms with Crippen LogP contribution in [0.25, 0.3) is 9.65 Å². The van der Waals surface area contributed by atoms with Crippen molar-refractivity contribution in [2.45, 2.75) is 32.1 Å². The third-order valence-corrected chi connectivity index (χ3v) is 5.91. The van der Waals surface area contributed by atoms with Crippen LogP contribution in [0.3, 0.4) is 0 Å². The number of fused-ring (bicyclic) bond motifs is 1. The molecule has 0 aliphatic heterocycles. The summed E-state index contributed by atoms with van der Waals surface area (Å²) in [6.07, 6.45) is 5.38. The molecule has 0 atom stereocenters. The molecule has 94 valence electrons. The number of aromatic nitrogens is 1. The molecule has 0 saturated heterocycles. The topological polar surface area (TPSA) is 39.1 Å². The molecule has 3 rings (SSSR count). The zero-order valence-corrected chi connectivity index (χ0v) is 11.8. The van der Waals surface area contributed by atoms with Crippen LogP contribution in [-0.4, -0.2) is 24.2 Å². The summed E-state index contributed by atoms with van der Waals surface area (Å²) in [4.78, 5) is 24.6. The minimum absolute atomic E-state index is 0.0656. The van der Waals surface area contributed by atoms with Crippen LogP contribution in [0.15, 0.2) is 29.1 Å². The summed E-state index contributed by atoms with van der Waals surface area (Å²) in [5, 5.41) is 0.724. The Morgan fingerprint density at radius 3 is 2.61 bits per heavy atom. The number of hydrogen-bond donors (Lipinski definition) is 0. The van der Waals surface area contributed by atoms with Crippen LogP contribution < -0.4 is 5.56 Å². The van der Waals surface area contributed by atoms with E-state index in [1.54, 1.807) is 0 Å². The normalized spacial score (nSPS) is 17.1. The average molecular weight is 308 g/mol. The molecule has 1 saturated carbocycles. The molecule has 0 bridgehead atoms. The molecule has 0 spiro atoms. The van der Waals surface area contributed by atoms with Crippen LogP contribution >= 0.6 is 0 Å². The first-order chi connectivity index (χ1) is 8.77. The first-order valence-corrected chi connectivity index (χ1v) is 8.05. The van der Waals surface area contributed by atoms with Crippen LogP contribution in [0.1, 0.15) is 36.9 Å². The fourth-order valence-electron chi connectivity index (χ4n) is 2.63. The molecule has 1 aromatic heterocycles. The average Bonchev–Trinajstić information content (AvgIpc) is 2.77. The van der Waals surface area contributed by atoms with Gasteiger partial charge in [-0.3, -0.25) is 0 Å². The van der Waals surface area contributed by atoms with Gasteiger partial charge in [0.2, 0.25) is 0 Å². The molecule has 18 heavy (non-hydrogen) atoms. The fraction of sp³-hybridized carbons (Fsp3) is 0.429. The number of rotatable bonds is 1. The Bertz CT molecular complexity index is 635. The van der Waals surface area contributed by atoms with E-state index < -0.39 is 0 Å². The van der Waals surface area contributed by atoms with E-state index >= 15 is 0 Å². The van der Waals surface area contributed by atoms with Gasteiger partial charge < -0.3 is 0 Å². The predicted molar refractivity (Wildman–Crippen MR) is 72.3 cm³/mol. The maximum absolute atomic E-state index is 12.4. The van der Waals surface area contributed by atoms with Gasteiger partial charge in [-0.15, -0.1) is 0 Å². The molecule has 4 heteroatoms. The number of carbonyl (C=O) groups excluding carboxylic acids is 1. The third kappa shape index (κ3) is 2.00. The van der Waals surface area contributed by atoms with Gasteiger partial charge in [-0.25, -0.2) is 0 Å². The van der Waals surface area contributed by atoms with E-state index in [1.807, 2.05) is 24.3 Å². The molecule has 1 aliphatic carbocycles. The van der Waals surface area contributed by atoms with Crippen molar-refractivity contribution in [1.82, 2.24) is 3.56 Å². The van der Waals surface area contributed by atoms with E-state index in [4.69, 9.17) is 0 Å². The molecule has 1 heterocycles. The molecule has 1 aromatic carbocycles. The second-order valence-corrected chi connectivity index (χ2v) is 6.93. The Balaban J connectivity index is 2.01. The summed E-state index contributed by atoms with van der Waals surface area (Å²) in [6, 6.07) is 7.58. The van der Waals surface area contributed by atoms with Crippen molar-refractivity contribution < 1.29 is 4.79 Å². The summed E-state index contributed by atoms with van der Waals surface area (Å²) >= 11 is -0.151. The zero-order chi connectivity index (χ0) is 12.5. The third-order valence-electron chi connectivity index (χ3n) is 3.65. The van der Waals surface area contributed by atoms with Gasteiger partial charge in [0, 0.05) is 0 Å². The summed E-state index contributed by atoms with van der Waals surface area (Å²) in [5.41, 5.74) is -0.0822. The monoisotopic (exact) mass is 309 g/mol. The van der Waals surface area contributed by atoms with Crippen LogP contribution in [0.4, 0.5) is 0 Å². The Hall–Kier alpha value is -1.12. The zero-order valence-electron chi connectivity index (χ0n) is 10.1. The molecule has 0 N–H and O–H groups in total. The van der Waals surface area contributed by atoms with Gasteiger partial charge in [-0.2, -0.15) is 0 Å². The van der Waals surface area contributed by atoms with Gasteiger partial charge in [0.15, 0.2) is 0 Å². The Kier molecular flexibility index (Phi) is 3.23. The summed E-state index contributed by atoms with van der Waals surface area (Å²) in [7, 11) is 0. The number of carbonyl (C=O) groups is 1. The van der Waals surface area contributed by atoms with Gasteiger partial charge in [0.05, 0.1) is 0 Å². The van der Waals surface area contributed by atoms with Gasteiger partial charge >= 0.3 is 111 Å². The summed E-state index contributed by atoms with van der Waals surface area (Å²) in [5.74, 6) is 0.148. The maximum atomic E-state index is 12.4. The van der Waals surface area contributed by atoms with E-state index in [0.717, 1.165) is 35.3 Å². The van der Waals surface area contributed by atoms with Crippen LogP contribution in [0, 0.1) is 5.92 Å². The van der Waals surface area contributed by atoms with E-state index in [-0.39, 0.29) is 32.1 Å². The quantitative estimate of drug-likeness (QED) is 0.758. The van der Waals surface area contributed by atoms with Crippen LogP contribution in [0.5, 0.6) is 0 Å². The van der Waals surface area contributed by atoms with Crippen molar-refractivity contribution in [3.63, 3.8) is 0 Å². The van der Waals surface area contributed by atoms with Gasteiger partial charge in [-0.05, 0) is 0 Å². The first kappa shape index (κ1) is 11.9. The second-order valence-electron chi connectivity index (χ2n) is 4.86. The van der Waals surface area contributed by atoms with Crippen LogP contribution in [0.2, 0.25) is 0 Å². The summed E-state index contributed by atoms with van der Waals surface area (Å²) in [6.45, 7) is 0. The van der Waals surface area contributed by atoms with E-state index in [2.05, 4.69) is 0 Å². The van der Waals surface area contributed by atoms with E-state index in [0.29, 0.717) is 0 Å². The van der Waals surface area contributed by atoms with Crippen molar-refractivity contribution in [3.8, 4) is 0 Å². The molecule has 1 fully saturated rings. The molecule has 3 nitrogen and oxygen atoms in total. The Morgan fingerprint density at radius 1 is 1.17 bits per heavy atom. The minimum atomic E-state index is -0.151. The van der Waals surface area contributed by atoms with Crippen LogP contribution in [-0.2, 0) is 0 Å². The molecule has 1 aliphatic rings. The predicted octanol–water partition coefficient (Wildman–Crippen LogP) is 2.28. The fourth-order valence-corrected chi connectivity index (χ4v) is 4.75. The van der Waals surface area contributed by atoms with Crippen molar-refractivity contribution in [1.29, 1.82) is 0 Å².